The first-order valence-electron chi connectivity index (χ1n) is 9.33. The van der Waals surface area contributed by atoms with Crippen LogP contribution in [0.1, 0.15) is 38.3 Å². The number of halogens is 2. The summed E-state index contributed by atoms with van der Waals surface area (Å²) in [6.07, 6.45) is 2.67. The van der Waals surface area contributed by atoms with E-state index < -0.39 is 5.97 Å². The number of carbonyl (C=O) groups is 1. The van der Waals surface area contributed by atoms with E-state index in [1.165, 1.54) is 0 Å². The number of aliphatic imine (C=N–C) groups is 1. The number of nitrogens with zero attached hydrogens (tertiary/aromatic N) is 1. The number of cyclic esters (lactones) is 1. The van der Waals surface area contributed by atoms with Gasteiger partial charge in [0.1, 0.15) is 0 Å². The van der Waals surface area contributed by atoms with Crippen LogP contribution in [0.15, 0.2) is 51.6 Å². The van der Waals surface area contributed by atoms with E-state index in [4.69, 9.17) is 14.2 Å². The SMILES string of the molecule is CCOc1cc(/C=C2\N=C(c3ccccc3Br)OC2=O)cc(I)c1OC(C)CC. The fourth-order valence-corrected chi connectivity index (χ4v) is 3.86. The van der Waals surface area contributed by atoms with Crippen molar-refractivity contribution in [2.24, 2.45) is 4.99 Å². The fraction of sp³-hybridized carbons (Fsp3) is 0.273. The molecule has 0 aliphatic carbocycles. The normalized spacial score (nSPS) is 15.8. The molecule has 0 bridgehead atoms. The Kier molecular flexibility index (Phi) is 7.34. The number of benzene rings is 2. The molecule has 0 radical (unpaired) electrons. The van der Waals surface area contributed by atoms with E-state index >= 15 is 0 Å². The van der Waals surface area contributed by atoms with Crippen molar-refractivity contribution in [3.05, 3.63) is 61.3 Å². The van der Waals surface area contributed by atoms with Crippen molar-refractivity contribution in [2.45, 2.75) is 33.3 Å². The minimum atomic E-state index is -0.483. The van der Waals surface area contributed by atoms with Crippen LogP contribution in [0.2, 0.25) is 0 Å². The van der Waals surface area contributed by atoms with Crippen molar-refractivity contribution < 1.29 is 19.0 Å². The molecule has 1 atom stereocenters. The predicted octanol–water partition coefficient (Wildman–Crippen LogP) is 5.97. The Balaban J connectivity index is 1.97. The second kappa shape index (κ2) is 9.75. The highest BCUT2D eigenvalue weighted by Gasteiger charge is 2.25. The number of carbonyl (C=O) groups excluding carboxylic acids is 1. The molecule has 1 aliphatic rings. The zero-order valence-electron chi connectivity index (χ0n) is 16.4. The summed E-state index contributed by atoms with van der Waals surface area (Å²) in [7, 11) is 0. The van der Waals surface area contributed by atoms with Gasteiger partial charge in [-0.15, -0.1) is 0 Å². The number of hydrogen-bond donors (Lipinski definition) is 0. The van der Waals surface area contributed by atoms with Gasteiger partial charge in [-0.1, -0.05) is 19.1 Å². The molecular formula is C22H21BrINO4. The third-order valence-electron chi connectivity index (χ3n) is 4.25. The van der Waals surface area contributed by atoms with Gasteiger partial charge < -0.3 is 14.2 Å². The molecular weight excluding hydrogens is 549 g/mol. The molecule has 0 fully saturated rings. The lowest BCUT2D eigenvalue weighted by molar-refractivity contribution is -0.129. The van der Waals surface area contributed by atoms with E-state index in [2.05, 4.69) is 50.4 Å². The minimum absolute atomic E-state index is 0.0770. The molecule has 29 heavy (non-hydrogen) atoms. The summed E-state index contributed by atoms with van der Waals surface area (Å²) in [6, 6.07) is 11.3. The summed E-state index contributed by atoms with van der Waals surface area (Å²) in [6.45, 7) is 6.53. The highest BCUT2D eigenvalue weighted by atomic mass is 127. The largest absolute Gasteiger partial charge is 0.490 e. The van der Waals surface area contributed by atoms with Crippen LogP contribution in [-0.4, -0.2) is 24.6 Å². The zero-order chi connectivity index (χ0) is 21.0. The lowest BCUT2D eigenvalue weighted by atomic mass is 10.1. The number of ether oxygens (including phenoxy) is 3. The maximum Gasteiger partial charge on any atom is 0.363 e. The van der Waals surface area contributed by atoms with E-state index in [-0.39, 0.29) is 17.7 Å². The molecule has 7 heteroatoms. The number of esters is 1. The van der Waals surface area contributed by atoms with E-state index in [1.807, 2.05) is 50.2 Å². The van der Waals surface area contributed by atoms with Crippen LogP contribution >= 0.6 is 38.5 Å². The summed E-state index contributed by atoms with van der Waals surface area (Å²) in [5.74, 6) is 1.16. The molecule has 2 aromatic carbocycles. The van der Waals surface area contributed by atoms with Crippen molar-refractivity contribution in [3.63, 3.8) is 0 Å². The molecule has 1 unspecified atom stereocenters. The van der Waals surface area contributed by atoms with Crippen LogP contribution < -0.4 is 9.47 Å². The van der Waals surface area contributed by atoms with Crippen LogP contribution in [-0.2, 0) is 9.53 Å². The van der Waals surface area contributed by atoms with Crippen molar-refractivity contribution in [1.82, 2.24) is 0 Å². The summed E-state index contributed by atoms with van der Waals surface area (Å²) in [5.41, 5.74) is 1.76. The molecule has 0 spiro atoms. The molecule has 2 aromatic rings. The van der Waals surface area contributed by atoms with E-state index in [9.17, 15) is 4.79 Å². The molecule has 1 heterocycles. The average Bonchev–Trinajstić information content (AvgIpc) is 3.05. The zero-order valence-corrected chi connectivity index (χ0v) is 20.1. The smallest absolute Gasteiger partial charge is 0.363 e. The first-order valence-corrected chi connectivity index (χ1v) is 11.2. The third kappa shape index (κ3) is 5.19. The third-order valence-corrected chi connectivity index (χ3v) is 5.75. The van der Waals surface area contributed by atoms with Gasteiger partial charge in [0.15, 0.2) is 17.2 Å². The van der Waals surface area contributed by atoms with Gasteiger partial charge in [0.25, 0.3) is 0 Å². The number of rotatable bonds is 7. The van der Waals surface area contributed by atoms with Crippen LogP contribution in [0.4, 0.5) is 0 Å². The second-order valence-corrected chi connectivity index (χ2v) is 8.43. The highest BCUT2D eigenvalue weighted by molar-refractivity contribution is 14.1. The van der Waals surface area contributed by atoms with Gasteiger partial charge in [-0.05, 0) is 94.7 Å². The van der Waals surface area contributed by atoms with Crippen molar-refractivity contribution in [3.8, 4) is 11.5 Å². The van der Waals surface area contributed by atoms with Gasteiger partial charge in [0.05, 0.1) is 21.8 Å². The van der Waals surface area contributed by atoms with Crippen molar-refractivity contribution in [1.29, 1.82) is 0 Å². The molecule has 0 aromatic heterocycles. The van der Waals surface area contributed by atoms with Crippen LogP contribution in [0, 0.1) is 3.57 Å². The Morgan fingerprint density at radius 2 is 2.03 bits per heavy atom. The Morgan fingerprint density at radius 3 is 2.72 bits per heavy atom. The Morgan fingerprint density at radius 1 is 1.28 bits per heavy atom. The predicted molar refractivity (Wildman–Crippen MR) is 125 cm³/mol. The molecule has 3 rings (SSSR count). The van der Waals surface area contributed by atoms with Crippen LogP contribution in [0.5, 0.6) is 11.5 Å². The first-order chi connectivity index (χ1) is 13.9. The van der Waals surface area contributed by atoms with Gasteiger partial charge in [0.2, 0.25) is 5.90 Å². The van der Waals surface area contributed by atoms with Gasteiger partial charge in [-0.3, -0.25) is 0 Å². The minimum Gasteiger partial charge on any atom is -0.490 e. The van der Waals surface area contributed by atoms with E-state index in [0.717, 1.165) is 31.3 Å². The first kappa shape index (κ1) is 21.8. The standard InChI is InChI=1S/C22H21BrINO4/c1-4-13(3)28-20-17(24)10-14(12-19(20)27-5-2)11-18-22(26)29-21(25-18)15-8-6-7-9-16(15)23/h6-13H,4-5H2,1-3H3/b18-11-. The van der Waals surface area contributed by atoms with Crippen molar-refractivity contribution >= 4 is 56.5 Å². The summed E-state index contributed by atoms with van der Waals surface area (Å²) in [4.78, 5) is 16.7. The monoisotopic (exact) mass is 569 g/mol. The van der Waals surface area contributed by atoms with Gasteiger partial charge in [0, 0.05) is 4.47 Å². The summed E-state index contributed by atoms with van der Waals surface area (Å²) in [5, 5.41) is 0. The Labute approximate surface area is 192 Å². The highest BCUT2D eigenvalue weighted by Crippen LogP contribution is 2.36. The number of hydrogen-bond acceptors (Lipinski definition) is 5. The topological polar surface area (TPSA) is 57.1 Å². The molecule has 1 aliphatic heterocycles. The Bertz CT molecular complexity index is 987. The van der Waals surface area contributed by atoms with Gasteiger partial charge in [-0.2, -0.15) is 0 Å². The van der Waals surface area contributed by atoms with E-state index in [1.54, 1.807) is 6.08 Å². The lowest BCUT2D eigenvalue weighted by Gasteiger charge is -2.18. The molecule has 0 saturated carbocycles. The summed E-state index contributed by atoms with van der Waals surface area (Å²) >= 11 is 5.68. The second-order valence-electron chi connectivity index (χ2n) is 6.42. The average molecular weight is 570 g/mol. The molecule has 0 saturated heterocycles. The van der Waals surface area contributed by atoms with Crippen LogP contribution in [0.25, 0.3) is 6.08 Å². The quantitative estimate of drug-likeness (QED) is 0.234. The fourth-order valence-electron chi connectivity index (χ4n) is 2.65. The Hall–Kier alpha value is -1.87. The molecule has 152 valence electrons. The van der Waals surface area contributed by atoms with Gasteiger partial charge >= 0.3 is 5.97 Å². The maximum atomic E-state index is 12.3. The van der Waals surface area contributed by atoms with E-state index in [0.29, 0.717) is 12.4 Å². The molecule has 5 nitrogen and oxygen atoms in total. The van der Waals surface area contributed by atoms with Gasteiger partial charge in [-0.25, -0.2) is 9.79 Å². The van der Waals surface area contributed by atoms with Crippen LogP contribution in [0.3, 0.4) is 0 Å². The summed E-state index contributed by atoms with van der Waals surface area (Å²) < 4.78 is 18.9. The molecule has 0 amide bonds. The lowest BCUT2D eigenvalue weighted by Crippen LogP contribution is -2.12. The van der Waals surface area contributed by atoms with Crippen molar-refractivity contribution in [2.75, 3.05) is 6.61 Å². The molecule has 0 N–H and O–H groups in total. The maximum absolute atomic E-state index is 12.3.